The highest BCUT2D eigenvalue weighted by molar-refractivity contribution is 14.0. The number of halogens is 1. The van der Waals surface area contributed by atoms with E-state index >= 15 is 0 Å². The third-order valence-electron chi connectivity index (χ3n) is 5.03. The Kier molecular flexibility index (Phi) is 10.5. The van der Waals surface area contributed by atoms with Crippen LogP contribution in [-0.2, 0) is 30.8 Å². The Balaban J connectivity index is 0.00000320. The van der Waals surface area contributed by atoms with Gasteiger partial charge in [0.05, 0.1) is 18.8 Å². The van der Waals surface area contributed by atoms with Crippen LogP contribution >= 0.6 is 35.3 Å². The van der Waals surface area contributed by atoms with Gasteiger partial charge in [-0.2, -0.15) is 0 Å². The maximum Gasteiger partial charge on any atom is 0.191 e. The third kappa shape index (κ3) is 7.47. The molecule has 6 nitrogen and oxygen atoms in total. The lowest BCUT2D eigenvalue weighted by Crippen LogP contribution is -2.45. The number of nitrogens with zero attached hydrogens (tertiary/aromatic N) is 3. The zero-order valence-electron chi connectivity index (χ0n) is 18.4. The average molecular weight is 544 g/mol. The van der Waals surface area contributed by atoms with Crippen molar-refractivity contribution in [2.75, 3.05) is 20.1 Å². The predicted molar refractivity (Wildman–Crippen MR) is 136 cm³/mol. The SMILES string of the molecule is CCc1cnc(CNC(=NC)NCc2ccccc2CN2CC(C)OC(C)C2)s1.I. The maximum absolute atomic E-state index is 5.87. The largest absolute Gasteiger partial charge is 0.373 e. The monoisotopic (exact) mass is 543 g/mol. The second-order valence-electron chi connectivity index (χ2n) is 7.57. The van der Waals surface area contributed by atoms with Gasteiger partial charge in [0.15, 0.2) is 5.96 Å². The van der Waals surface area contributed by atoms with E-state index in [2.05, 4.69) is 70.5 Å². The van der Waals surface area contributed by atoms with E-state index in [1.54, 1.807) is 18.4 Å². The number of ether oxygens (including phenoxy) is 1. The van der Waals surface area contributed by atoms with Crippen LogP contribution in [0.1, 0.15) is 41.8 Å². The molecule has 166 valence electrons. The highest BCUT2D eigenvalue weighted by Crippen LogP contribution is 2.17. The molecule has 0 amide bonds. The van der Waals surface area contributed by atoms with Gasteiger partial charge in [-0.15, -0.1) is 35.3 Å². The lowest BCUT2D eigenvalue weighted by Gasteiger charge is -2.35. The van der Waals surface area contributed by atoms with Gasteiger partial charge >= 0.3 is 0 Å². The number of morpholine rings is 1. The molecule has 1 saturated heterocycles. The normalized spacial score (nSPS) is 19.9. The summed E-state index contributed by atoms with van der Waals surface area (Å²) in [5.74, 6) is 0.793. The number of aryl methyl sites for hydroxylation is 1. The lowest BCUT2D eigenvalue weighted by atomic mass is 10.1. The Labute approximate surface area is 201 Å². The summed E-state index contributed by atoms with van der Waals surface area (Å²) < 4.78 is 5.87. The van der Waals surface area contributed by atoms with Crippen LogP contribution in [0.4, 0.5) is 0 Å². The van der Waals surface area contributed by atoms with Gasteiger partial charge in [0, 0.05) is 44.3 Å². The fraction of sp³-hybridized carbons (Fsp3) is 0.545. The summed E-state index contributed by atoms with van der Waals surface area (Å²) in [6.07, 6.45) is 3.56. The van der Waals surface area contributed by atoms with Crippen molar-refractivity contribution in [1.82, 2.24) is 20.5 Å². The van der Waals surface area contributed by atoms with Gasteiger partial charge in [-0.05, 0) is 31.4 Å². The molecule has 0 radical (unpaired) electrons. The van der Waals surface area contributed by atoms with Crippen molar-refractivity contribution in [3.05, 3.63) is 51.5 Å². The van der Waals surface area contributed by atoms with Crippen molar-refractivity contribution in [2.24, 2.45) is 4.99 Å². The molecular formula is C22H34IN5OS. The number of hydrogen-bond donors (Lipinski definition) is 2. The summed E-state index contributed by atoms with van der Waals surface area (Å²) in [7, 11) is 1.80. The van der Waals surface area contributed by atoms with E-state index in [1.165, 1.54) is 16.0 Å². The van der Waals surface area contributed by atoms with E-state index in [1.807, 2.05) is 6.20 Å². The molecule has 0 aliphatic carbocycles. The summed E-state index contributed by atoms with van der Waals surface area (Å²) in [6.45, 7) is 10.8. The minimum absolute atomic E-state index is 0. The lowest BCUT2D eigenvalue weighted by molar-refractivity contribution is -0.0705. The van der Waals surface area contributed by atoms with Crippen LogP contribution in [0.2, 0.25) is 0 Å². The Morgan fingerprint density at radius 3 is 2.47 bits per heavy atom. The first-order chi connectivity index (χ1) is 14.1. The first kappa shape index (κ1) is 25.0. The summed E-state index contributed by atoms with van der Waals surface area (Å²) in [4.78, 5) is 12.6. The molecule has 1 aromatic heterocycles. The molecule has 2 N–H and O–H groups in total. The fourth-order valence-corrected chi connectivity index (χ4v) is 4.49. The zero-order chi connectivity index (χ0) is 20.6. The molecule has 30 heavy (non-hydrogen) atoms. The van der Waals surface area contributed by atoms with E-state index < -0.39 is 0 Å². The van der Waals surface area contributed by atoms with Crippen molar-refractivity contribution in [1.29, 1.82) is 0 Å². The molecule has 0 saturated carbocycles. The van der Waals surface area contributed by atoms with E-state index in [0.29, 0.717) is 6.54 Å². The van der Waals surface area contributed by atoms with Gasteiger partial charge in [-0.1, -0.05) is 31.2 Å². The van der Waals surface area contributed by atoms with Crippen LogP contribution in [0.5, 0.6) is 0 Å². The Bertz CT molecular complexity index is 802. The summed E-state index contributed by atoms with van der Waals surface area (Å²) in [5.41, 5.74) is 2.65. The van der Waals surface area contributed by atoms with Crippen LogP contribution in [0.25, 0.3) is 0 Å². The number of hydrogen-bond acceptors (Lipinski definition) is 5. The number of benzene rings is 1. The van der Waals surface area contributed by atoms with Gasteiger partial charge in [0.1, 0.15) is 5.01 Å². The molecule has 0 bridgehead atoms. The highest BCUT2D eigenvalue weighted by atomic mass is 127. The highest BCUT2D eigenvalue weighted by Gasteiger charge is 2.22. The Morgan fingerprint density at radius 2 is 1.83 bits per heavy atom. The smallest absolute Gasteiger partial charge is 0.191 e. The topological polar surface area (TPSA) is 61.8 Å². The van der Waals surface area contributed by atoms with Crippen molar-refractivity contribution in [2.45, 2.75) is 59.0 Å². The van der Waals surface area contributed by atoms with Gasteiger partial charge in [0.25, 0.3) is 0 Å². The number of aliphatic imine (C=N–C) groups is 1. The van der Waals surface area contributed by atoms with Gasteiger partial charge < -0.3 is 15.4 Å². The number of rotatable bonds is 7. The molecule has 2 aromatic rings. The van der Waals surface area contributed by atoms with Crippen LogP contribution < -0.4 is 10.6 Å². The van der Waals surface area contributed by atoms with Crippen molar-refractivity contribution < 1.29 is 4.74 Å². The number of guanidine groups is 1. The van der Waals surface area contributed by atoms with Crippen molar-refractivity contribution in [3.63, 3.8) is 0 Å². The molecule has 2 atom stereocenters. The van der Waals surface area contributed by atoms with Crippen molar-refractivity contribution >= 4 is 41.3 Å². The molecule has 2 heterocycles. The van der Waals surface area contributed by atoms with Crippen LogP contribution in [0.3, 0.4) is 0 Å². The molecular weight excluding hydrogens is 509 g/mol. The molecule has 2 unspecified atom stereocenters. The first-order valence-corrected chi connectivity index (χ1v) is 11.2. The minimum atomic E-state index is 0. The molecule has 1 aliphatic rings. The van der Waals surface area contributed by atoms with Gasteiger partial charge in [-0.3, -0.25) is 9.89 Å². The Morgan fingerprint density at radius 1 is 1.17 bits per heavy atom. The van der Waals surface area contributed by atoms with E-state index in [4.69, 9.17) is 4.74 Å². The molecule has 0 spiro atoms. The number of thiazole rings is 1. The predicted octanol–water partition coefficient (Wildman–Crippen LogP) is 3.80. The molecule has 1 fully saturated rings. The zero-order valence-corrected chi connectivity index (χ0v) is 21.5. The van der Waals surface area contributed by atoms with Crippen LogP contribution in [0.15, 0.2) is 35.5 Å². The second-order valence-corrected chi connectivity index (χ2v) is 8.77. The second kappa shape index (κ2) is 12.6. The van der Waals surface area contributed by atoms with Crippen molar-refractivity contribution in [3.8, 4) is 0 Å². The molecule has 1 aromatic carbocycles. The Hall–Kier alpha value is -1.23. The number of aromatic nitrogens is 1. The maximum atomic E-state index is 5.87. The van der Waals surface area contributed by atoms with Gasteiger partial charge in [-0.25, -0.2) is 4.98 Å². The van der Waals surface area contributed by atoms with E-state index in [0.717, 1.165) is 43.6 Å². The summed E-state index contributed by atoms with van der Waals surface area (Å²) in [5, 5.41) is 7.89. The average Bonchev–Trinajstić information content (AvgIpc) is 3.16. The van der Waals surface area contributed by atoms with Gasteiger partial charge in [0.2, 0.25) is 0 Å². The molecule has 8 heteroatoms. The van der Waals surface area contributed by atoms with Crippen LogP contribution in [-0.4, -0.2) is 48.2 Å². The molecule has 1 aliphatic heterocycles. The summed E-state index contributed by atoms with van der Waals surface area (Å²) >= 11 is 1.75. The van der Waals surface area contributed by atoms with E-state index in [9.17, 15) is 0 Å². The fourth-order valence-electron chi connectivity index (χ4n) is 3.69. The summed E-state index contributed by atoms with van der Waals surface area (Å²) in [6, 6.07) is 8.63. The number of nitrogens with one attached hydrogen (secondary N) is 2. The third-order valence-corrected chi connectivity index (χ3v) is 6.18. The first-order valence-electron chi connectivity index (χ1n) is 10.4. The standard InChI is InChI=1S/C22H33N5OS.HI/c1-5-20-11-24-21(29-20)12-26-22(23-4)25-10-18-8-6-7-9-19(18)15-27-13-16(2)28-17(3)14-27;/h6-9,11,16-17H,5,10,12-15H2,1-4H3,(H2,23,25,26);1H. The quantitative estimate of drug-likeness (QED) is 0.316. The van der Waals surface area contributed by atoms with Crippen LogP contribution in [0, 0.1) is 0 Å². The minimum Gasteiger partial charge on any atom is -0.373 e. The molecule has 3 rings (SSSR count). The van der Waals surface area contributed by atoms with E-state index in [-0.39, 0.29) is 36.2 Å².